The van der Waals surface area contributed by atoms with Crippen molar-refractivity contribution in [2.24, 2.45) is 0 Å². The Morgan fingerprint density at radius 3 is 2.56 bits per heavy atom. The molecule has 0 spiro atoms. The maximum atomic E-state index is 12.6. The van der Waals surface area contributed by atoms with Crippen LogP contribution in [-0.2, 0) is 6.54 Å². The average molecular weight is 333 g/mol. The van der Waals surface area contributed by atoms with E-state index >= 15 is 0 Å². The van der Waals surface area contributed by atoms with Crippen LogP contribution in [-0.4, -0.2) is 15.5 Å². The van der Waals surface area contributed by atoms with Crippen molar-refractivity contribution in [3.63, 3.8) is 0 Å². The Hall–Kier alpha value is -3.21. The van der Waals surface area contributed by atoms with Gasteiger partial charge in [-0.25, -0.2) is 0 Å². The number of pyridine rings is 2. The molecule has 0 atom stereocenters. The lowest BCUT2D eigenvalue weighted by Gasteiger charge is -2.17. The molecule has 3 aromatic rings. The van der Waals surface area contributed by atoms with Gasteiger partial charge in [0.2, 0.25) is 0 Å². The molecule has 0 saturated carbocycles. The summed E-state index contributed by atoms with van der Waals surface area (Å²) in [6, 6.07) is 14.4. The summed E-state index contributed by atoms with van der Waals surface area (Å²) in [6.45, 7) is 4.21. The van der Waals surface area contributed by atoms with Crippen LogP contribution in [0.3, 0.4) is 0 Å². The number of para-hydroxylation sites is 1. The third-order valence-corrected chi connectivity index (χ3v) is 4.10. The average Bonchev–Trinajstić information content (AvgIpc) is 2.60. The van der Waals surface area contributed by atoms with Gasteiger partial charge in [0.15, 0.2) is 5.43 Å². The van der Waals surface area contributed by atoms with E-state index in [1.165, 1.54) is 6.07 Å². The van der Waals surface area contributed by atoms with Crippen molar-refractivity contribution < 1.29 is 4.79 Å². The number of carbonyl (C=O) groups excluding carboxylic acids is 1. The first-order chi connectivity index (χ1) is 12.1. The fraction of sp³-hybridized carbons (Fsp3) is 0.150. The Morgan fingerprint density at radius 1 is 1.12 bits per heavy atom. The highest BCUT2D eigenvalue weighted by Gasteiger charge is 2.17. The van der Waals surface area contributed by atoms with Crippen molar-refractivity contribution in [1.29, 1.82) is 0 Å². The molecule has 126 valence electrons. The van der Waals surface area contributed by atoms with E-state index in [1.54, 1.807) is 31.5 Å². The summed E-state index contributed by atoms with van der Waals surface area (Å²) in [4.78, 5) is 29.2. The molecular weight excluding hydrogens is 314 g/mol. The van der Waals surface area contributed by atoms with E-state index in [0.29, 0.717) is 17.9 Å². The second-order valence-electron chi connectivity index (χ2n) is 5.88. The minimum Gasteiger partial charge on any atom is -0.344 e. The van der Waals surface area contributed by atoms with E-state index < -0.39 is 5.91 Å². The quantitative estimate of drug-likeness (QED) is 0.798. The maximum absolute atomic E-state index is 12.6. The summed E-state index contributed by atoms with van der Waals surface area (Å²) in [6.07, 6.45) is 3.49. The van der Waals surface area contributed by atoms with Gasteiger partial charge >= 0.3 is 0 Å². The molecule has 3 rings (SSSR count). The summed E-state index contributed by atoms with van der Waals surface area (Å²) in [5.74, 6) is -0.395. The van der Waals surface area contributed by atoms with Gasteiger partial charge in [-0.15, -0.1) is 0 Å². The number of nitrogens with one attached hydrogen (secondary N) is 1. The van der Waals surface area contributed by atoms with Gasteiger partial charge in [0.1, 0.15) is 5.56 Å². The molecule has 5 heteroatoms. The van der Waals surface area contributed by atoms with Crippen LogP contribution in [0.15, 0.2) is 65.7 Å². The first kappa shape index (κ1) is 16.6. The van der Waals surface area contributed by atoms with Crippen molar-refractivity contribution in [2.45, 2.75) is 20.4 Å². The minimum atomic E-state index is -0.395. The monoisotopic (exact) mass is 333 g/mol. The summed E-state index contributed by atoms with van der Waals surface area (Å²) in [5.41, 5.74) is 3.01. The Balaban J connectivity index is 1.98. The Labute approximate surface area is 146 Å². The number of hydrogen-bond donors (Lipinski definition) is 1. The van der Waals surface area contributed by atoms with Gasteiger partial charge in [-0.3, -0.25) is 14.6 Å². The molecule has 0 aliphatic carbocycles. The standard InChI is InChI=1S/C20H19N3O2/c1-14-11-18(24)19(20(25)22-17-8-4-3-5-9-17)15(2)23(14)13-16-7-6-10-21-12-16/h3-12H,13H2,1-2H3,(H,22,25). The van der Waals surface area contributed by atoms with Crippen molar-refractivity contribution >= 4 is 11.6 Å². The van der Waals surface area contributed by atoms with Crippen LogP contribution < -0.4 is 10.7 Å². The predicted octanol–water partition coefficient (Wildman–Crippen LogP) is 3.16. The van der Waals surface area contributed by atoms with Crippen molar-refractivity contribution in [1.82, 2.24) is 9.55 Å². The normalized spacial score (nSPS) is 10.5. The van der Waals surface area contributed by atoms with Crippen LogP contribution in [0.4, 0.5) is 5.69 Å². The lowest BCUT2D eigenvalue weighted by Crippen LogP contribution is -2.27. The molecule has 0 fully saturated rings. The molecular formula is C20H19N3O2. The largest absolute Gasteiger partial charge is 0.344 e. The van der Waals surface area contributed by atoms with E-state index in [1.807, 2.05) is 41.8 Å². The summed E-state index contributed by atoms with van der Waals surface area (Å²) in [7, 11) is 0. The van der Waals surface area contributed by atoms with Gasteiger partial charge in [0.05, 0.1) is 0 Å². The van der Waals surface area contributed by atoms with E-state index in [9.17, 15) is 9.59 Å². The van der Waals surface area contributed by atoms with Crippen LogP contribution in [0.5, 0.6) is 0 Å². The summed E-state index contributed by atoms with van der Waals surface area (Å²) in [5, 5.41) is 2.79. The second-order valence-corrected chi connectivity index (χ2v) is 5.88. The molecule has 0 aliphatic rings. The number of amides is 1. The fourth-order valence-electron chi connectivity index (χ4n) is 2.83. The van der Waals surface area contributed by atoms with Gasteiger partial charge in [0.25, 0.3) is 5.91 Å². The molecule has 2 aromatic heterocycles. The van der Waals surface area contributed by atoms with E-state index in [4.69, 9.17) is 0 Å². The van der Waals surface area contributed by atoms with Gasteiger partial charge in [0, 0.05) is 42.1 Å². The third-order valence-electron chi connectivity index (χ3n) is 4.10. The molecule has 25 heavy (non-hydrogen) atoms. The topological polar surface area (TPSA) is 64.0 Å². The highest BCUT2D eigenvalue weighted by molar-refractivity contribution is 6.04. The fourth-order valence-corrected chi connectivity index (χ4v) is 2.83. The number of aromatic nitrogens is 2. The smallest absolute Gasteiger partial charge is 0.261 e. The zero-order chi connectivity index (χ0) is 17.8. The van der Waals surface area contributed by atoms with Gasteiger partial charge in [-0.05, 0) is 37.6 Å². The Kier molecular flexibility index (Phi) is 4.75. The Bertz CT molecular complexity index is 948. The molecule has 5 nitrogen and oxygen atoms in total. The number of anilines is 1. The van der Waals surface area contributed by atoms with Gasteiger partial charge < -0.3 is 9.88 Å². The van der Waals surface area contributed by atoms with Crippen LogP contribution in [0.25, 0.3) is 0 Å². The lowest BCUT2D eigenvalue weighted by molar-refractivity contribution is 0.102. The number of hydrogen-bond acceptors (Lipinski definition) is 3. The molecule has 1 amide bonds. The maximum Gasteiger partial charge on any atom is 0.261 e. The highest BCUT2D eigenvalue weighted by atomic mass is 16.2. The van der Waals surface area contributed by atoms with E-state index in [-0.39, 0.29) is 11.0 Å². The van der Waals surface area contributed by atoms with Crippen molar-refractivity contribution in [2.75, 3.05) is 5.32 Å². The molecule has 0 unspecified atom stereocenters. The third kappa shape index (κ3) is 3.66. The number of benzene rings is 1. The SMILES string of the molecule is Cc1cc(=O)c(C(=O)Nc2ccccc2)c(C)n1Cc1cccnc1. The van der Waals surface area contributed by atoms with Crippen LogP contribution >= 0.6 is 0 Å². The van der Waals surface area contributed by atoms with E-state index in [0.717, 1.165) is 11.3 Å². The van der Waals surface area contributed by atoms with Crippen LogP contribution in [0.1, 0.15) is 27.3 Å². The van der Waals surface area contributed by atoms with Crippen LogP contribution in [0, 0.1) is 13.8 Å². The molecule has 0 saturated heterocycles. The molecule has 0 aliphatic heterocycles. The highest BCUT2D eigenvalue weighted by Crippen LogP contribution is 2.13. The molecule has 1 N–H and O–H groups in total. The molecule has 2 heterocycles. The first-order valence-corrected chi connectivity index (χ1v) is 8.02. The zero-order valence-corrected chi connectivity index (χ0v) is 14.2. The zero-order valence-electron chi connectivity index (χ0n) is 14.2. The number of nitrogens with zero attached hydrogens (tertiary/aromatic N) is 2. The molecule has 1 aromatic carbocycles. The van der Waals surface area contributed by atoms with Crippen molar-refractivity contribution in [3.8, 4) is 0 Å². The minimum absolute atomic E-state index is 0.165. The van der Waals surface area contributed by atoms with Crippen molar-refractivity contribution in [3.05, 3.63) is 93.7 Å². The Morgan fingerprint density at radius 2 is 1.88 bits per heavy atom. The first-order valence-electron chi connectivity index (χ1n) is 8.02. The second kappa shape index (κ2) is 7.13. The molecule has 0 radical (unpaired) electrons. The molecule has 0 bridgehead atoms. The lowest BCUT2D eigenvalue weighted by atomic mass is 10.1. The van der Waals surface area contributed by atoms with E-state index in [2.05, 4.69) is 10.3 Å². The van der Waals surface area contributed by atoms with Gasteiger partial charge in [-0.2, -0.15) is 0 Å². The van der Waals surface area contributed by atoms with Crippen LogP contribution in [0.2, 0.25) is 0 Å². The number of carbonyl (C=O) groups is 1. The number of aryl methyl sites for hydroxylation is 1. The van der Waals surface area contributed by atoms with Gasteiger partial charge in [-0.1, -0.05) is 24.3 Å². The number of rotatable bonds is 4. The predicted molar refractivity (Wildman–Crippen MR) is 97.9 cm³/mol. The summed E-state index contributed by atoms with van der Waals surface area (Å²) >= 11 is 0. The summed E-state index contributed by atoms with van der Waals surface area (Å²) < 4.78 is 1.96.